The molecule has 0 saturated carbocycles. The monoisotopic (exact) mass is 600 g/mol. The van der Waals surface area contributed by atoms with Gasteiger partial charge in [-0.1, -0.05) is 0 Å². The van der Waals surface area contributed by atoms with E-state index in [1.165, 1.54) is 33.4 Å². The Kier molecular flexibility index (Phi) is 9.43. The van der Waals surface area contributed by atoms with Crippen LogP contribution >= 0.6 is 0 Å². The fraction of sp³-hybridized carbons (Fsp3) is 0.485. The summed E-state index contributed by atoms with van der Waals surface area (Å²) in [4.78, 5) is 0. The summed E-state index contributed by atoms with van der Waals surface area (Å²) in [7, 11) is 0. The molecule has 4 rings (SSSR count). The van der Waals surface area contributed by atoms with Crippen molar-refractivity contribution in [3.8, 4) is 11.1 Å². The van der Waals surface area contributed by atoms with Crippen LogP contribution in [0.1, 0.15) is 105 Å². The number of halogens is 2. The smallest absolute Gasteiger partial charge is 1.00 e. The van der Waals surface area contributed by atoms with Crippen molar-refractivity contribution < 1.29 is 46.1 Å². The van der Waals surface area contributed by atoms with Crippen LogP contribution in [-0.4, -0.2) is 3.21 Å². The molecule has 0 atom stereocenters. The normalized spacial score (nSPS) is 14.5. The Labute approximate surface area is 241 Å². The van der Waals surface area contributed by atoms with Crippen LogP contribution in [0.15, 0.2) is 51.3 Å². The number of hydrogen-bond acceptors (Lipinski definition) is 0. The SMILES string of the molecule is C[C](C)=[Zr+2]([C]1=CC(C(C)(C)C)=CC1)[c]1cc(C(C)(C)C)cc2c1Cc1ccc(C(C)(C)C)cc1-2.[Cl-].[Cl-]. The van der Waals surface area contributed by atoms with Crippen molar-refractivity contribution in [1.82, 2.24) is 0 Å². The second-order valence-corrected chi connectivity index (χ2v) is 21.0. The Hall–Kier alpha value is -0.747. The van der Waals surface area contributed by atoms with Gasteiger partial charge in [-0.3, -0.25) is 0 Å². The van der Waals surface area contributed by atoms with Crippen LogP contribution in [0.25, 0.3) is 11.1 Å². The van der Waals surface area contributed by atoms with Crippen molar-refractivity contribution in [1.29, 1.82) is 0 Å². The van der Waals surface area contributed by atoms with Gasteiger partial charge >= 0.3 is 218 Å². The molecule has 0 bridgehead atoms. The van der Waals surface area contributed by atoms with Crippen LogP contribution in [-0.2, 0) is 38.5 Å². The van der Waals surface area contributed by atoms with Gasteiger partial charge in [-0.05, 0) is 0 Å². The second-order valence-electron chi connectivity index (χ2n) is 13.8. The third kappa shape index (κ3) is 6.11. The number of allylic oxidation sites excluding steroid dienone is 4. The summed E-state index contributed by atoms with van der Waals surface area (Å²) in [5.74, 6) is 0. The van der Waals surface area contributed by atoms with Gasteiger partial charge in [-0.2, -0.15) is 0 Å². The molecule has 0 N–H and O–H groups in total. The predicted molar refractivity (Wildman–Crippen MR) is 148 cm³/mol. The van der Waals surface area contributed by atoms with E-state index in [2.05, 4.69) is 119 Å². The molecule has 2 aromatic rings. The molecule has 0 fully saturated rings. The Morgan fingerprint density at radius 3 is 1.81 bits per heavy atom. The summed E-state index contributed by atoms with van der Waals surface area (Å²) in [5, 5.41) is 0. The van der Waals surface area contributed by atoms with Gasteiger partial charge < -0.3 is 24.8 Å². The van der Waals surface area contributed by atoms with Crippen LogP contribution < -0.4 is 28.1 Å². The average Bonchev–Trinajstić information content (AvgIpc) is 3.31. The molecule has 0 spiro atoms. The van der Waals surface area contributed by atoms with Gasteiger partial charge in [0.25, 0.3) is 0 Å². The minimum absolute atomic E-state index is 0. The van der Waals surface area contributed by atoms with Gasteiger partial charge in [0.2, 0.25) is 0 Å². The molecule has 0 unspecified atom stereocenters. The topological polar surface area (TPSA) is 0 Å². The molecule has 0 heterocycles. The van der Waals surface area contributed by atoms with Crippen molar-refractivity contribution in [2.24, 2.45) is 5.41 Å². The van der Waals surface area contributed by atoms with E-state index in [-0.39, 0.29) is 41.1 Å². The molecule has 0 aliphatic heterocycles. The van der Waals surface area contributed by atoms with Crippen LogP contribution in [0.4, 0.5) is 0 Å². The molecular weight excluding hydrogens is 558 g/mol. The van der Waals surface area contributed by atoms with Gasteiger partial charge in [-0.25, -0.2) is 0 Å². The number of benzene rings is 2. The quantitative estimate of drug-likeness (QED) is 0.423. The number of fused-ring (bicyclic) bond motifs is 3. The third-order valence-electron chi connectivity index (χ3n) is 7.58. The first-order chi connectivity index (χ1) is 15.6. The summed E-state index contributed by atoms with van der Waals surface area (Å²) in [5.41, 5.74) is 11.2. The van der Waals surface area contributed by atoms with E-state index in [0.29, 0.717) is 0 Å². The molecule has 0 saturated heterocycles. The van der Waals surface area contributed by atoms with E-state index in [9.17, 15) is 0 Å². The molecule has 2 aliphatic rings. The minimum Gasteiger partial charge on any atom is -1.00 e. The molecule has 0 amide bonds. The van der Waals surface area contributed by atoms with Crippen LogP contribution in [0.5, 0.6) is 0 Å². The molecular formula is C33H44Cl2Zr. The standard InChI is InChI=1S/C21H25.C9H13.C3H6.2ClH.Zr/c1-20(2,3)16-9-7-14-11-15-8-10-17(21(4,5)6)13-19(15)18(14)12-16;1-9(2,3)8-6-4-5-7-8;1-3-2;;;/h7,9-10,12-13H,11H2,1-6H3;6-7H,4H2,1-3H3;1-2H3;2*1H;/q;;;;;+2/p-2. The van der Waals surface area contributed by atoms with E-state index in [4.69, 9.17) is 0 Å². The van der Waals surface area contributed by atoms with Gasteiger partial charge in [0.1, 0.15) is 0 Å². The van der Waals surface area contributed by atoms with Crippen molar-refractivity contribution in [2.45, 2.75) is 99.8 Å². The third-order valence-corrected chi connectivity index (χ3v) is 14.9. The van der Waals surface area contributed by atoms with Gasteiger partial charge in [-0.15, -0.1) is 0 Å². The maximum Gasteiger partial charge on any atom is -1.00 e. The first kappa shape index (κ1) is 31.5. The summed E-state index contributed by atoms with van der Waals surface area (Å²) >= 11 is -2.17. The summed E-state index contributed by atoms with van der Waals surface area (Å²) in [6.45, 7) is 26.0. The molecule has 36 heavy (non-hydrogen) atoms. The molecule has 0 aromatic heterocycles. The molecule has 2 aliphatic carbocycles. The average molecular weight is 603 g/mol. The van der Waals surface area contributed by atoms with Crippen LogP contribution in [0.3, 0.4) is 0 Å². The molecule has 2 aromatic carbocycles. The summed E-state index contributed by atoms with van der Waals surface area (Å²) in [6.07, 6.45) is 7.36. The Morgan fingerprint density at radius 2 is 1.31 bits per heavy atom. The van der Waals surface area contributed by atoms with Crippen molar-refractivity contribution in [2.75, 3.05) is 0 Å². The second kappa shape index (κ2) is 10.8. The zero-order valence-electron chi connectivity index (χ0n) is 24.2. The summed E-state index contributed by atoms with van der Waals surface area (Å²) in [6, 6.07) is 12.4. The van der Waals surface area contributed by atoms with E-state index in [1.807, 2.05) is 0 Å². The summed E-state index contributed by atoms with van der Waals surface area (Å²) < 4.78 is 5.18. The minimum atomic E-state index is -2.17. The fourth-order valence-corrected chi connectivity index (χ4v) is 12.7. The van der Waals surface area contributed by atoms with E-state index < -0.39 is 21.3 Å². The zero-order chi connectivity index (χ0) is 25.2. The Bertz CT molecular complexity index is 1250. The van der Waals surface area contributed by atoms with Crippen molar-refractivity contribution in [3.63, 3.8) is 0 Å². The first-order valence-corrected chi connectivity index (χ1v) is 16.7. The van der Waals surface area contributed by atoms with Crippen molar-refractivity contribution in [3.05, 3.63) is 73.6 Å². The first-order valence-electron chi connectivity index (χ1n) is 13.0. The largest absolute Gasteiger partial charge is 1.00 e. The molecule has 0 radical (unpaired) electrons. The van der Waals surface area contributed by atoms with E-state index in [0.717, 1.165) is 12.8 Å². The van der Waals surface area contributed by atoms with Crippen LogP contribution in [0, 0.1) is 5.41 Å². The van der Waals surface area contributed by atoms with Gasteiger partial charge in [0, 0.05) is 0 Å². The number of hydrogen-bond donors (Lipinski definition) is 0. The van der Waals surface area contributed by atoms with Gasteiger partial charge in [0.05, 0.1) is 0 Å². The molecule has 194 valence electrons. The Morgan fingerprint density at radius 1 is 0.722 bits per heavy atom. The Balaban J connectivity index is 0.00000228. The fourth-order valence-electron chi connectivity index (χ4n) is 5.38. The predicted octanol–water partition coefficient (Wildman–Crippen LogP) is 2.58. The molecule has 3 heteroatoms. The molecule has 0 nitrogen and oxygen atoms in total. The van der Waals surface area contributed by atoms with E-state index in [1.54, 1.807) is 15.3 Å². The van der Waals surface area contributed by atoms with Gasteiger partial charge in [0.15, 0.2) is 0 Å². The maximum atomic E-state index is 2.63. The van der Waals surface area contributed by atoms with E-state index >= 15 is 0 Å². The number of rotatable bonds is 2. The maximum absolute atomic E-state index is 2.63. The van der Waals surface area contributed by atoms with Crippen molar-refractivity contribution >= 4 is 6.48 Å². The van der Waals surface area contributed by atoms with Crippen LogP contribution in [0.2, 0.25) is 0 Å². The zero-order valence-corrected chi connectivity index (χ0v) is 28.2.